The molecule has 0 aliphatic heterocycles. The molecule has 92 valence electrons. The van der Waals surface area contributed by atoms with Crippen molar-refractivity contribution in [1.29, 1.82) is 0 Å². The molecule has 1 aromatic heterocycles. The van der Waals surface area contributed by atoms with E-state index in [9.17, 15) is 4.79 Å². The van der Waals surface area contributed by atoms with E-state index in [1.54, 1.807) is 48.7 Å². The molecule has 0 spiro atoms. The van der Waals surface area contributed by atoms with Gasteiger partial charge in [0, 0.05) is 12.3 Å². The number of pyridine rings is 1. The highest BCUT2D eigenvalue weighted by Gasteiger charge is 2.19. The van der Waals surface area contributed by atoms with E-state index < -0.39 is 12.2 Å². The quantitative estimate of drug-likeness (QED) is 0.805. The van der Waals surface area contributed by atoms with Crippen LogP contribution in [0.3, 0.4) is 0 Å². The predicted molar refractivity (Wildman–Crippen MR) is 64.9 cm³/mol. The number of hydrogen-bond acceptors (Lipinski definition) is 4. The van der Waals surface area contributed by atoms with Crippen molar-refractivity contribution < 1.29 is 14.3 Å². The minimum absolute atomic E-state index is 0.275. The summed E-state index contributed by atoms with van der Waals surface area (Å²) in [7, 11) is 0. The number of amides is 1. The first-order valence-corrected chi connectivity index (χ1v) is 5.34. The van der Waals surface area contributed by atoms with E-state index in [1.165, 1.54) is 0 Å². The maximum Gasteiger partial charge on any atom is 0.322 e. The van der Waals surface area contributed by atoms with Crippen molar-refractivity contribution in [3.8, 4) is 11.6 Å². The molecule has 2 aromatic rings. The molecule has 2 N–H and O–H groups in total. The Morgan fingerprint density at radius 2 is 1.78 bits per heavy atom. The number of rotatable bonds is 5. The molecule has 0 radical (unpaired) electrons. The number of hydrogen-bond donors (Lipinski definition) is 1. The molecular formula is C13H12N2O3. The van der Waals surface area contributed by atoms with Gasteiger partial charge in [0.05, 0.1) is 0 Å². The standard InChI is InChI=1S/C13H12N2O3/c14-12(16)13(17-10-6-2-1-3-7-10)18-11-8-4-5-9-15-11/h1-9,13H,(H2,14,16). The van der Waals surface area contributed by atoms with E-state index in [0.29, 0.717) is 5.75 Å². The van der Waals surface area contributed by atoms with Gasteiger partial charge in [-0.05, 0) is 18.2 Å². The number of primary amides is 1. The summed E-state index contributed by atoms with van der Waals surface area (Å²) in [5.74, 6) is 0.0546. The maximum absolute atomic E-state index is 11.3. The van der Waals surface area contributed by atoms with Crippen LogP contribution in [0.2, 0.25) is 0 Å². The highest BCUT2D eigenvalue weighted by molar-refractivity contribution is 5.78. The van der Waals surface area contributed by atoms with Crippen molar-refractivity contribution in [2.24, 2.45) is 5.73 Å². The second-order valence-electron chi connectivity index (χ2n) is 3.45. The Kier molecular flexibility index (Phi) is 3.76. The molecular weight excluding hydrogens is 232 g/mol. The van der Waals surface area contributed by atoms with Gasteiger partial charge in [-0.3, -0.25) is 4.79 Å². The zero-order chi connectivity index (χ0) is 12.8. The predicted octanol–water partition coefficient (Wildman–Crippen LogP) is 1.35. The third-order valence-electron chi connectivity index (χ3n) is 2.08. The number of para-hydroxylation sites is 1. The fourth-order valence-electron chi connectivity index (χ4n) is 1.29. The summed E-state index contributed by atoms with van der Waals surface area (Å²) < 4.78 is 10.6. The van der Waals surface area contributed by atoms with Crippen molar-refractivity contribution in [3.05, 3.63) is 54.7 Å². The fraction of sp³-hybridized carbons (Fsp3) is 0.0769. The first-order chi connectivity index (χ1) is 8.75. The number of carbonyl (C=O) groups is 1. The molecule has 0 aliphatic rings. The van der Waals surface area contributed by atoms with Crippen LogP contribution < -0.4 is 15.2 Å². The first kappa shape index (κ1) is 11.9. The summed E-state index contributed by atoms with van der Waals surface area (Å²) in [5, 5.41) is 0. The molecule has 0 aliphatic carbocycles. The second kappa shape index (κ2) is 5.67. The zero-order valence-electron chi connectivity index (χ0n) is 9.52. The number of ether oxygens (including phenoxy) is 2. The van der Waals surface area contributed by atoms with Crippen LogP contribution in [0.15, 0.2) is 54.7 Å². The monoisotopic (exact) mass is 244 g/mol. The number of aromatic nitrogens is 1. The van der Waals surface area contributed by atoms with Gasteiger partial charge in [-0.2, -0.15) is 0 Å². The normalized spacial score (nSPS) is 11.6. The van der Waals surface area contributed by atoms with Gasteiger partial charge in [-0.15, -0.1) is 0 Å². The second-order valence-corrected chi connectivity index (χ2v) is 3.45. The largest absolute Gasteiger partial charge is 0.446 e. The van der Waals surface area contributed by atoms with Gasteiger partial charge in [0.25, 0.3) is 5.91 Å². The highest BCUT2D eigenvalue weighted by atomic mass is 16.7. The van der Waals surface area contributed by atoms with Crippen LogP contribution in [0.4, 0.5) is 0 Å². The summed E-state index contributed by atoms with van der Waals surface area (Å²) in [6.45, 7) is 0. The minimum atomic E-state index is -1.21. The first-order valence-electron chi connectivity index (χ1n) is 5.34. The average Bonchev–Trinajstić information content (AvgIpc) is 2.40. The molecule has 0 bridgehead atoms. The average molecular weight is 244 g/mol. The minimum Gasteiger partial charge on any atom is -0.446 e. The Labute approximate surface area is 104 Å². The van der Waals surface area contributed by atoms with Crippen LogP contribution >= 0.6 is 0 Å². The van der Waals surface area contributed by atoms with Gasteiger partial charge in [0.1, 0.15) is 5.75 Å². The molecule has 2 rings (SSSR count). The van der Waals surface area contributed by atoms with Crippen molar-refractivity contribution in [2.75, 3.05) is 0 Å². The SMILES string of the molecule is NC(=O)C(Oc1ccccc1)Oc1ccccn1. The van der Waals surface area contributed by atoms with E-state index in [-0.39, 0.29) is 5.88 Å². The summed E-state index contributed by atoms with van der Waals surface area (Å²) >= 11 is 0. The Bertz CT molecular complexity index is 461. The van der Waals surface area contributed by atoms with Gasteiger partial charge in [0.15, 0.2) is 0 Å². The number of nitrogens with zero attached hydrogens (tertiary/aromatic N) is 1. The lowest BCUT2D eigenvalue weighted by molar-refractivity contribution is -0.137. The number of nitrogens with two attached hydrogens (primary N) is 1. The molecule has 1 heterocycles. The van der Waals surface area contributed by atoms with E-state index in [2.05, 4.69) is 4.98 Å². The van der Waals surface area contributed by atoms with Crippen LogP contribution in [0.1, 0.15) is 0 Å². The van der Waals surface area contributed by atoms with Gasteiger partial charge in [0.2, 0.25) is 5.88 Å². The molecule has 5 nitrogen and oxygen atoms in total. The van der Waals surface area contributed by atoms with Gasteiger partial charge in [-0.25, -0.2) is 4.98 Å². The topological polar surface area (TPSA) is 74.4 Å². The molecule has 5 heteroatoms. The van der Waals surface area contributed by atoms with Crippen LogP contribution in [0.25, 0.3) is 0 Å². The molecule has 18 heavy (non-hydrogen) atoms. The van der Waals surface area contributed by atoms with Crippen molar-refractivity contribution in [3.63, 3.8) is 0 Å². The van der Waals surface area contributed by atoms with Crippen molar-refractivity contribution in [2.45, 2.75) is 6.29 Å². The smallest absolute Gasteiger partial charge is 0.322 e. The highest BCUT2D eigenvalue weighted by Crippen LogP contribution is 2.13. The zero-order valence-corrected chi connectivity index (χ0v) is 9.52. The lowest BCUT2D eigenvalue weighted by Crippen LogP contribution is -2.38. The Morgan fingerprint density at radius 1 is 1.06 bits per heavy atom. The third-order valence-corrected chi connectivity index (χ3v) is 2.08. The summed E-state index contributed by atoms with van der Waals surface area (Å²) in [6.07, 6.45) is 0.345. The van der Waals surface area contributed by atoms with Crippen molar-refractivity contribution in [1.82, 2.24) is 4.98 Å². The molecule has 1 aromatic carbocycles. The summed E-state index contributed by atoms with van der Waals surface area (Å²) in [4.78, 5) is 15.2. The Balaban J connectivity index is 2.08. The van der Waals surface area contributed by atoms with E-state index in [1.807, 2.05) is 6.07 Å². The number of benzene rings is 1. The lowest BCUT2D eigenvalue weighted by atomic mass is 10.3. The maximum atomic E-state index is 11.3. The van der Waals surface area contributed by atoms with Gasteiger partial charge in [-0.1, -0.05) is 24.3 Å². The Morgan fingerprint density at radius 3 is 2.39 bits per heavy atom. The Hall–Kier alpha value is -2.56. The molecule has 1 atom stereocenters. The molecule has 0 saturated heterocycles. The van der Waals surface area contributed by atoms with Crippen LogP contribution in [-0.4, -0.2) is 17.2 Å². The van der Waals surface area contributed by atoms with E-state index >= 15 is 0 Å². The van der Waals surface area contributed by atoms with Crippen LogP contribution in [0, 0.1) is 0 Å². The van der Waals surface area contributed by atoms with Gasteiger partial charge < -0.3 is 15.2 Å². The summed E-state index contributed by atoms with van der Waals surface area (Å²) in [5.41, 5.74) is 5.22. The van der Waals surface area contributed by atoms with Crippen molar-refractivity contribution >= 4 is 5.91 Å². The molecule has 0 saturated carbocycles. The third kappa shape index (κ3) is 3.21. The van der Waals surface area contributed by atoms with Crippen LogP contribution in [-0.2, 0) is 4.79 Å². The lowest BCUT2D eigenvalue weighted by Gasteiger charge is -2.16. The molecule has 1 unspecified atom stereocenters. The molecule has 1 amide bonds. The molecule has 0 fully saturated rings. The van der Waals surface area contributed by atoms with E-state index in [4.69, 9.17) is 15.2 Å². The van der Waals surface area contributed by atoms with Gasteiger partial charge >= 0.3 is 6.29 Å². The fourth-order valence-corrected chi connectivity index (χ4v) is 1.29. The van der Waals surface area contributed by atoms with Crippen LogP contribution in [0.5, 0.6) is 11.6 Å². The number of carbonyl (C=O) groups excluding carboxylic acids is 1. The summed E-state index contributed by atoms with van der Waals surface area (Å²) in [6, 6.07) is 13.9. The van der Waals surface area contributed by atoms with E-state index in [0.717, 1.165) is 0 Å².